The molecule has 8 nitrogen and oxygen atoms in total. The SMILES string of the molecule is CC(C)(C)NC1CCNCC1.COc1cccc2nc(Cl)cc(Cl)c12.COc1cccc2nc(Cl)cc(N3CCC(NC(C)(C)C)CC3)c12. The maximum absolute atomic E-state index is 6.26. The van der Waals surface area contributed by atoms with Crippen molar-refractivity contribution < 1.29 is 9.47 Å². The second-order valence-corrected chi connectivity index (χ2v) is 15.9. The second-order valence-electron chi connectivity index (χ2n) is 14.7. The second kappa shape index (κ2) is 17.6. The molecular formula is C38H53Cl3N6O2. The first-order chi connectivity index (χ1) is 23.2. The van der Waals surface area contributed by atoms with Crippen molar-refractivity contribution in [3.8, 4) is 11.5 Å². The van der Waals surface area contributed by atoms with Crippen molar-refractivity contribution in [2.24, 2.45) is 0 Å². The maximum atomic E-state index is 6.26. The zero-order valence-electron chi connectivity index (χ0n) is 30.2. The van der Waals surface area contributed by atoms with E-state index in [1.165, 1.54) is 25.9 Å². The number of piperidine rings is 2. The minimum Gasteiger partial charge on any atom is -0.496 e. The summed E-state index contributed by atoms with van der Waals surface area (Å²) in [4.78, 5) is 11.0. The van der Waals surface area contributed by atoms with Gasteiger partial charge in [0.2, 0.25) is 0 Å². The third-order valence-corrected chi connectivity index (χ3v) is 9.03. The summed E-state index contributed by atoms with van der Waals surface area (Å²) in [5.74, 6) is 1.55. The molecule has 3 N–H and O–H groups in total. The van der Waals surface area contributed by atoms with Crippen LogP contribution in [0.1, 0.15) is 67.2 Å². The van der Waals surface area contributed by atoms with E-state index in [1.807, 2.05) is 42.5 Å². The molecular weight excluding hydrogens is 679 g/mol. The predicted molar refractivity (Wildman–Crippen MR) is 209 cm³/mol. The van der Waals surface area contributed by atoms with Crippen molar-refractivity contribution in [3.05, 3.63) is 63.9 Å². The highest BCUT2D eigenvalue weighted by Gasteiger charge is 2.25. The van der Waals surface area contributed by atoms with Gasteiger partial charge in [-0.3, -0.25) is 0 Å². The van der Waals surface area contributed by atoms with Crippen molar-refractivity contribution in [2.75, 3.05) is 45.3 Å². The smallest absolute Gasteiger partial charge is 0.131 e. The summed E-state index contributed by atoms with van der Waals surface area (Å²) in [6.07, 6.45) is 4.79. The number of rotatable bonds is 5. The molecule has 49 heavy (non-hydrogen) atoms. The lowest BCUT2D eigenvalue weighted by molar-refractivity contribution is 0.304. The molecule has 0 bridgehead atoms. The van der Waals surface area contributed by atoms with Crippen molar-refractivity contribution in [2.45, 2.75) is 90.4 Å². The first-order valence-corrected chi connectivity index (χ1v) is 18.2. The van der Waals surface area contributed by atoms with E-state index >= 15 is 0 Å². The molecule has 2 aromatic carbocycles. The monoisotopic (exact) mass is 730 g/mol. The molecule has 0 atom stereocenters. The first kappa shape index (κ1) is 39.2. The third kappa shape index (κ3) is 11.7. The van der Waals surface area contributed by atoms with Crippen molar-refractivity contribution in [1.29, 1.82) is 0 Å². The number of pyridine rings is 2. The van der Waals surface area contributed by atoms with Crippen LogP contribution < -0.4 is 30.3 Å². The predicted octanol–water partition coefficient (Wildman–Crippen LogP) is 8.93. The summed E-state index contributed by atoms with van der Waals surface area (Å²) >= 11 is 18.1. The zero-order chi connectivity index (χ0) is 35.8. The van der Waals surface area contributed by atoms with E-state index < -0.39 is 0 Å². The molecule has 0 amide bonds. The van der Waals surface area contributed by atoms with Crippen LogP contribution >= 0.6 is 34.8 Å². The summed E-state index contributed by atoms with van der Waals surface area (Å²) in [7, 11) is 3.30. The Hall–Kier alpha value is -2.59. The van der Waals surface area contributed by atoms with E-state index in [0.29, 0.717) is 27.1 Å². The fraction of sp³-hybridized carbons (Fsp3) is 0.526. The summed E-state index contributed by atoms with van der Waals surface area (Å²) < 4.78 is 10.7. The molecule has 0 radical (unpaired) electrons. The van der Waals surface area contributed by atoms with Crippen molar-refractivity contribution in [1.82, 2.24) is 25.9 Å². The Morgan fingerprint density at radius 1 is 0.694 bits per heavy atom. The van der Waals surface area contributed by atoms with E-state index in [4.69, 9.17) is 44.3 Å². The van der Waals surface area contributed by atoms with Gasteiger partial charge in [0.15, 0.2) is 0 Å². The van der Waals surface area contributed by atoms with Crippen LogP contribution in [0, 0.1) is 0 Å². The van der Waals surface area contributed by atoms with E-state index in [1.54, 1.807) is 20.3 Å². The van der Waals surface area contributed by atoms with Crippen molar-refractivity contribution in [3.63, 3.8) is 0 Å². The molecule has 2 aliphatic heterocycles. The Balaban J connectivity index is 0.000000183. The minimum absolute atomic E-state index is 0.155. The maximum Gasteiger partial charge on any atom is 0.131 e. The van der Waals surface area contributed by atoms with Gasteiger partial charge >= 0.3 is 0 Å². The number of nitrogens with one attached hydrogen (secondary N) is 3. The number of ether oxygens (including phenoxy) is 2. The fourth-order valence-corrected chi connectivity index (χ4v) is 7.17. The van der Waals surface area contributed by atoms with E-state index in [0.717, 1.165) is 65.2 Å². The lowest BCUT2D eigenvalue weighted by Crippen LogP contribution is -2.49. The Morgan fingerprint density at radius 3 is 1.67 bits per heavy atom. The topological polar surface area (TPSA) is 83.6 Å². The van der Waals surface area contributed by atoms with E-state index in [9.17, 15) is 0 Å². The normalized spacial score (nSPS) is 16.1. The molecule has 11 heteroatoms. The average molecular weight is 732 g/mol. The largest absolute Gasteiger partial charge is 0.496 e. The van der Waals surface area contributed by atoms with Crippen LogP contribution in [0.25, 0.3) is 21.8 Å². The summed E-state index contributed by atoms with van der Waals surface area (Å²) in [6, 6.07) is 16.3. The fourth-order valence-electron chi connectivity index (χ4n) is 6.42. The van der Waals surface area contributed by atoms with Crippen LogP contribution in [-0.4, -0.2) is 73.5 Å². The molecule has 6 rings (SSSR count). The van der Waals surface area contributed by atoms with Gasteiger partial charge < -0.3 is 30.3 Å². The van der Waals surface area contributed by atoms with Crippen LogP contribution in [0.2, 0.25) is 15.3 Å². The summed E-state index contributed by atoms with van der Waals surface area (Å²) in [5.41, 5.74) is 3.18. The minimum atomic E-state index is 0.155. The number of fused-ring (bicyclic) bond motifs is 2. The Morgan fingerprint density at radius 2 is 1.16 bits per heavy atom. The molecule has 2 saturated heterocycles. The Labute approximate surface area is 307 Å². The number of hydrogen-bond donors (Lipinski definition) is 3. The van der Waals surface area contributed by atoms with Gasteiger partial charge in [0.05, 0.1) is 46.7 Å². The number of hydrogen-bond acceptors (Lipinski definition) is 8. The van der Waals surface area contributed by atoms with Crippen LogP contribution in [-0.2, 0) is 0 Å². The van der Waals surface area contributed by atoms with E-state index in [-0.39, 0.29) is 11.1 Å². The van der Waals surface area contributed by atoms with Gasteiger partial charge in [-0.05, 0) is 117 Å². The van der Waals surface area contributed by atoms with Crippen molar-refractivity contribution >= 4 is 62.3 Å². The third-order valence-electron chi connectivity index (χ3n) is 8.35. The average Bonchev–Trinajstić information content (AvgIpc) is 3.03. The van der Waals surface area contributed by atoms with Gasteiger partial charge in [0.1, 0.15) is 21.8 Å². The van der Waals surface area contributed by atoms with Crippen LogP contribution in [0.15, 0.2) is 48.5 Å². The summed E-state index contributed by atoms with van der Waals surface area (Å²) in [5, 5.41) is 14.0. The molecule has 0 saturated carbocycles. The Kier molecular flexibility index (Phi) is 14.1. The van der Waals surface area contributed by atoms with Gasteiger partial charge in [0.25, 0.3) is 0 Å². The van der Waals surface area contributed by atoms with Gasteiger partial charge in [-0.25, -0.2) is 9.97 Å². The van der Waals surface area contributed by atoms with Crippen LogP contribution in [0.3, 0.4) is 0 Å². The number of methoxy groups -OCH3 is 2. The van der Waals surface area contributed by atoms with Gasteiger partial charge in [-0.15, -0.1) is 0 Å². The molecule has 0 aliphatic carbocycles. The number of halogens is 3. The molecule has 2 aliphatic rings. The molecule has 2 aromatic heterocycles. The number of nitrogens with zero attached hydrogens (tertiary/aromatic N) is 3. The van der Waals surface area contributed by atoms with Crippen LogP contribution in [0.5, 0.6) is 11.5 Å². The van der Waals surface area contributed by atoms with Gasteiger partial charge in [-0.2, -0.15) is 0 Å². The molecule has 4 heterocycles. The molecule has 4 aromatic rings. The number of benzene rings is 2. The van der Waals surface area contributed by atoms with Gasteiger partial charge in [0, 0.05) is 36.3 Å². The summed E-state index contributed by atoms with van der Waals surface area (Å²) in [6.45, 7) is 17.7. The van der Waals surface area contributed by atoms with Gasteiger partial charge in [-0.1, -0.05) is 46.9 Å². The highest BCUT2D eigenvalue weighted by Crippen LogP contribution is 2.37. The molecule has 2 fully saturated rings. The number of aromatic nitrogens is 2. The Bertz CT molecular complexity index is 1660. The molecule has 0 unspecified atom stereocenters. The first-order valence-electron chi connectivity index (χ1n) is 17.1. The molecule has 268 valence electrons. The van der Waals surface area contributed by atoms with E-state index in [2.05, 4.69) is 72.4 Å². The standard InChI is InChI=1S/C19H26ClN3O.C10H7Cl2NO.C9H20N2/c1-19(2,3)22-13-8-10-23(11-9-13)15-12-17(20)21-14-6-5-7-16(24-4)18(14)15;1-14-8-4-2-3-7-10(8)6(11)5-9(12)13-7;1-9(2,3)11-8-4-6-10-7-5-8/h5-7,12-13,22H,8-11H2,1-4H3;2-5H,1H3;8,10-11H,4-7H2,1-3H3. The molecule has 0 spiro atoms. The quantitative estimate of drug-likeness (QED) is 0.176. The highest BCUT2D eigenvalue weighted by molar-refractivity contribution is 6.38. The number of anilines is 1. The zero-order valence-corrected chi connectivity index (χ0v) is 32.5. The lowest BCUT2D eigenvalue weighted by Gasteiger charge is -2.37. The van der Waals surface area contributed by atoms with Crippen LogP contribution in [0.4, 0.5) is 5.69 Å². The lowest BCUT2D eigenvalue weighted by atomic mass is 9.99. The highest BCUT2D eigenvalue weighted by atomic mass is 35.5.